The van der Waals surface area contributed by atoms with E-state index in [4.69, 9.17) is 15.2 Å². The van der Waals surface area contributed by atoms with Crippen molar-refractivity contribution in [1.82, 2.24) is 4.90 Å². The summed E-state index contributed by atoms with van der Waals surface area (Å²) in [5.74, 6) is 0.929. The summed E-state index contributed by atoms with van der Waals surface area (Å²) in [5.41, 5.74) is 9.08. The molecule has 2 N–H and O–H groups in total. The van der Waals surface area contributed by atoms with E-state index in [1.165, 1.54) is 0 Å². The fourth-order valence-electron chi connectivity index (χ4n) is 3.14. The number of nitrogen functional groups attached to an aromatic ring is 1. The monoisotopic (exact) mass is 352 g/mol. The molecule has 0 bridgehead atoms. The molecule has 0 unspecified atom stereocenters. The summed E-state index contributed by atoms with van der Waals surface area (Å²) in [6.07, 6.45) is 3.87. The number of ether oxygens (including phenoxy) is 2. The number of methoxy groups -OCH3 is 1. The van der Waals surface area contributed by atoms with Crippen molar-refractivity contribution >= 4 is 11.6 Å². The van der Waals surface area contributed by atoms with Gasteiger partial charge in [-0.3, -0.25) is 4.79 Å². The van der Waals surface area contributed by atoms with Crippen LogP contribution in [0.4, 0.5) is 5.69 Å². The molecule has 3 rings (SSSR count). The fourth-order valence-corrected chi connectivity index (χ4v) is 3.14. The lowest BCUT2D eigenvalue weighted by atomic mass is 10.1. The van der Waals surface area contributed by atoms with Crippen molar-refractivity contribution in [1.29, 1.82) is 0 Å². The van der Waals surface area contributed by atoms with Crippen LogP contribution in [0.5, 0.6) is 11.5 Å². The van der Waals surface area contributed by atoms with Crippen LogP contribution in [0.3, 0.4) is 0 Å². The van der Waals surface area contributed by atoms with Gasteiger partial charge in [-0.05, 0) is 31.4 Å². The molecule has 0 radical (unpaired) electrons. The van der Waals surface area contributed by atoms with Crippen LogP contribution < -0.4 is 15.2 Å². The molecular weight excluding hydrogens is 328 g/mol. The molecule has 5 heteroatoms. The molecule has 0 saturated carbocycles. The number of likely N-dealkylation sites (tertiary alicyclic amines) is 1. The maximum atomic E-state index is 12.9. The molecule has 2 aromatic rings. The van der Waals surface area contributed by atoms with Crippen molar-refractivity contribution in [3.05, 3.63) is 65.4 Å². The van der Waals surface area contributed by atoms with Gasteiger partial charge in [-0.25, -0.2) is 0 Å². The number of rotatable bonds is 5. The van der Waals surface area contributed by atoms with Gasteiger partial charge in [0.25, 0.3) is 5.91 Å². The first-order chi connectivity index (χ1) is 12.6. The number of nitrogens with zero attached hydrogens (tertiary/aromatic N) is 1. The minimum Gasteiger partial charge on any atom is -0.493 e. The topological polar surface area (TPSA) is 64.8 Å². The maximum Gasteiger partial charge on any atom is 0.260 e. The molecule has 1 aliphatic heterocycles. The van der Waals surface area contributed by atoms with Gasteiger partial charge in [0, 0.05) is 24.0 Å². The third-order valence-electron chi connectivity index (χ3n) is 4.54. The van der Waals surface area contributed by atoms with E-state index in [0.29, 0.717) is 35.9 Å². The van der Waals surface area contributed by atoms with Crippen LogP contribution in [0, 0.1) is 0 Å². The van der Waals surface area contributed by atoms with Crippen LogP contribution in [0.15, 0.2) is 54.2 Å². The Balaban J connectivity index is 1.84. The predicted molar refractivity (Wildman–Crippen MR) is 102 cm³/mol. The standard InChI is InChI=1S/C21H24N2O3/c1-3-16-10-7-11-23(16)21(24)17-12-19(25-2)20(13-18(17)22)26-14-15-8-5-4-6-9-15/h3-6,8-9,12-13H,7,10-11,14,22H2,1-2H3/b16-3-. The molecule has 1 heterocycles. The summed E-state index contributed by atoms with van der Waals surface area (Å²) in [6.45, 7) is 3.07. The Labute approximate surface area is 154 Å². The lowest BCUT2D eigenvalue weighted by Gasteiger charge is -2.20. The zero-order valence-corrected chi connectivity index (χ0v) is 15.2. The average Bonchev–Trinajstić information content (AvgIpc) is 3.15. The second-order valence-electron chi connectivity index (χ2n) is 6.20. The van der Waals surface area contributed by atoms with Crippen LogP contribution in [-0.2, 0) is 6.61 Å². The zero-order chi connectivity index (χ0) is 18.5. The van der Waals surface area contributed by atoms with Crippen molar-refractivity contribution in [2.75, 3.05) is 19.4 Å². The van der Waals surface area contributed by atoms with Gasteiger partial charge in [-0.2, -0.15) is 0 Å². The second kappa shape index (κ2) is 7.95. The summed E-state index contributed by atoms with van der Waals surface area (Å²) in [4.78, 5) is 14.7. The summed E-state index contributed by atoms with van der Waals surface area (Å²) in [7, 11) is 1.56. The minimum atomic E-state index is -0.0963. The first kappa shape index (κ1) is 17.9. The highest BCUT2D eigenvalue weighted by Gasteiger charge is 2.26. The van der Waals surface area contributed by atoms with E-state index in [1.54, 1.807) is 24.1 Å². The van der Waals surface area contributed by atoms with E-state index in [2.05, 4.69) is 0 Å². The Hall–Kier alpha value is -2.95. The SMILES string of the molecule is C/C=C1/CCCN1C(=O)c1cc(OC)c(OCc2ccccc2)cc1N. The normalized spacial score (nSPS) is 15.3. The summed E-state index contributed by atoms with van der Waals surface area (Å²) < 4.78 is 11.3. The number of carbonyl (C=O) groups excluding carboxylic acids is 1. The molecule has 1 fully saturated rings. The summed E-state index contributed by atoms with van der Waals surface area (Å²) >= 11 is 0. The van der Waals surface area contributed by atoms with Gasteiger partial charge >= 0.3 is 0 Å². The molecule has 2 aromatic carbocycles. The van der Waals surface area contributed by atoms with Crippen LogP contribution in [0.2, 0.25) is 0 Å². The van der Waals surface area contributed by atoms with Gasteiger partial charge in [-0.1, -0.05) is 36.4 Å². The number of hydrogen-bond acceptors (Lipinski definition) is 4. The van der Waals surface area contributed by atoms with Crippen molar-refractivity contribution < 1.29 is 14.3 Å². The predicted octanol–water partition coefficient (Wildman–Crippen LogP) is 4.00. The number of allylic oxidation sites excluding steroid dienone is 2. The van der Waals surface area contributed by atoms with Crippen LogP contribution in [0.1, 0.15) is 35.7 Å². The van der Waals surface area contributed by atoms with Crippen molar-refractivity contribution in [3.8, 4) is 11.5 Å². The molecule has 0 aromatic heterocycles. The first-order valence-electron chi connectivity index (χ1n) is 8.75. The first-order valence-corrected chi connectivity index (χ1v) is 8.75. The Morgan fingerprint density at radius 1 is 1.23 bits per heavy atom. The lowest BCUT2D eigenvalue weighted by Crippen LogP contribution is -2.27. The molecule has 1 saturated heterocycles. The van der Waals surface area contributed by atoms with Gasteiger partial charge in [0.1, 0.15) is 6.61 Å². The number of nitrogens with two attached hydrogens (primary N) is 1. The van der Waals surface area contributed by atoms with Gasteiger partial charge < -0.3 is 20.1 Å². The quantitative estimate of drug-likeness (QED) is 0.826. The highest BCUT2D eigenvalue weighted by Crippen LogP contribution is 2.34. The maximum absolute atomic E-state index is 12.9. The Bertz CT molecular complexity index is 816. The van der Waals surface area contributed by atoms with E-state index < -0.39 is 0 Å². The number of carbonyl (C=O) groups is 1. The molecule has 0 atom stereocenters. The third-order valence-corrected chi connectivity index (χ3v) is 4.54. The van der Waals surface area contributed by atoms with Gasteiger partial charge in [0.15, 0.2) is 11.5 Å². The van der Waals surface area contributed by atoms with Crippen LogP contribution in [0.25, 0.3) is 0 Å². The van der Waals surface area contributed by atoms with E-state index in [0.717, 1.165) is 24.1 Å². The van der Waals surface area contributed by atoms with E-state index in [-0.39, 0.29) is 5.91 Å². The van der Waals surface area contributed by atoms with Crippen molar-refractivity contribution in [3.63, 3.8) is 0 Å². The van der Waals surface area contributed by atoms with E-state index >= 15 is 0 Å². The second-order valence-corrected chi connectivity index (χ2v) is 6.20. The largest absolute Gasteiger partial charge is 0.493 e. The summed E-state index contributed by atoms with van der Waals surface area (Å²) in [5, 5.41) is 0. The number of amides is 1. The van der Waals surface area contributed by atoms with Crippen molar-refractivity contribution in [2.24, 2.45) is 0 Å². The number of anilines is 1. The van der Waals surface area contributed by atoms with E-state index in [9.17, 15) is 4.79 Å². The van der Waals surface area contributed by atoms with Crippen molar-refractivity contribution in [2.45, 2.75) is 26.4 Å². The molecule has 0 aliphatic carbocycles. The zero-order valence-electron chi connectivity index (χ0n) is 15.2. The van der Waals surface area contributed by atoms with Gasteiger partial charge in [0.05, 0.1) is 12.7 Å². The summed E-state index contributed by atoms with van der Waals surface area (Å²) in [6, 6.07) is 13.2. The molecule has 1 aliphatic rings. The van der Waals surface area contributed by atoms with Gasteiger partial charge in [0.2, 0.25) is 0 Å². The van der Waals surface area contributed by atoms with E-state index in [1.807, 2.05) is 43.3 Å². The van der Waals surface area contributed by atoms with Gasteiger partial charge in [-0.15, -0.1) is 0 Å². The lowest BCUT2D eigenvalue weighted by molar-refractivity contribution is 0.0825. The minimum absolute atomic E-state index is 0.0963. The Morgan fingerprint density at radius 3 is 2.69 bits per heavy atom. The molecule has 1 amide bonds. The smallest absolute Gasteiger partial charge is 0.260 e. The third kappa shape index (κ3) is 3.67. The number of benzene rings is 2. The highest BCUT2D eigenvalue weighted by molar-refractivity contribution is 6.01. The van der Waals surface area contributed by atoms with Crippen LogP contribution in [-0.4, -0.2) is 24.5 Å². The molecule has 136 valence electrons. The van der Waals surface area contributed by atoms with Crippen LogP contribution >= 0.6 is 0 Å². The Kier molecular flexibility index (Phi) is 5.46. The molecule has 26 heavy (non-hydrogen) atoms. The Morgan fingerprint density at radius 2 is 2.00 bits per heavy atom. The highest BCUT2D eigenvalue weighted by atomic mass is 16.5. The average molecular weight is 352 g/mol. The molecular formula is C21H24N2O3. The molecule has 5 nitrogen and oxygen atoms in total. The molecule has 0 spiro atoms. The number of hydrogen-bond donors (Lipinski definition) is 1. The fraction of sp³-hybridized carbons (Fsp3) is 0.286.